The quantitative estimate of drug-likeness (QED) is 0.714. The molecule has 0 unspecified atom stereocenters. The summed E-state index contributed by atoms with van der Waals surface area (Å²) in [6.45, 7) is 0. The molecule has 0 amide bonds. The Hall–Kier alpha value is -2.04. The molecule has 1 heterocycles. The highest BCUT2D eigenvalue weighted by Gasteiger charge is 2.16. The van der Waals surface area contributed by atoms with Gasteiger partial charge in [0.05, 0.1) is 21.3 Å². The van der Waals surface area contributed by atoms with E-state index in [9.17, 15) is 4.39 Å². The van der Waals surface area contributed by atoms with Crippen LogP contribution in [0, 0.1) is 5.82 Å². The summed E-state index contributed by atoms with van der Waals surface area (Å²) in [4.78, 5) is 0. The monoisotopic (exact) mass is 321 g/mol. The van der Waals surface area contributed by atoms with E-state index in [0.717, 1.165) is 5.56 Å². The molecule has 3 aromatic rings. The van der Waals surface area contributed by atoms with Crippen molar-refractivity contribution >= 4 is 29.0 Å². The van der Waals surface area contributed by atoms with Crippen molar-refractivity contribution in [3.63, 3.8) is 0 Å². The van der Waals surface area contributed by atoms with Crippen molar-refractivity contribution in [2.45, 2.75) is 0 Å². The number of nitrogens with two attached hydrogens (primary N) is 1. The number of nitrogens with zero attached hydrogens (tertiary/aromatic N) is 1. The Kier molecular flexibility index (Phi) is 3.57. The number of benzene rings is 2. The van der Waals surface area contributed by atoms with Crippen LogP contribution in [0.15, 0.2) is 42.5 Å². The summed E-state index contributed by atoms with van der Waals surface area (Å²) in [6.07, 6.45) is 0. The van der Waals surface area contributed by atoms with Gasteiger partial charge >= 0.3 is 0 Å². The fraction of sp³-hybridized carbons (Fsp3) is 0. The first-order valence-corrected chi connectivity index (χ1v) is 6.87. The van der Waals surface area contributed by atoms with E-state index in [1.165, 1.54) is 12.1 Å². The molecule has 0 spiro atoms. The minimum atomic E-state index is -0.333. The van der Waals surface area contributed by atoms with E-state index in [4.69, 9.17) is 28.9 Å². The fourth-order valence-corrected chi connectivity index (χ4v) is 2.45. The number of halogens is 3. The van der Waals surface area contributed by atoms with Gasteiger partial charge in [0, 0.05) is 5.56 Å². The first-order chi connectivity index (χ1) is 10.1. The number of hydrogen-bond acceptors (Lipinski definition) is 2. The molecular formula is C15H10Cl2FN3. The van der Waals surface area contributed by atoms with E-state index in [0.29, 0.717) is 32.7 Å². The van der Waals surface area contributed by atoms with Crippen LogP contribution in [-0.2, 0) is 0 Å². The number of aromatic nitrogens is 2. The van der Waals surface area contributed by atoms with Crippen molar-refractivity contribution in [2.75, 3.05) is 5.73 Å². The van der Waals surface area contributed by atoms with E-state index in [-0.39, 0.29) is 5.82 Å². The molecule has 0 aliphatic carbocycles. The minimum Gasteiger partial charge on any atom is -0.382 e. The number of aromatic amines is 1. The van der Waals surface area contributed by atoms with Gasteiger partial charge in [0.2, 0.25) is 0 Å². The lowest BCUT2D eigenvalue weighted by atomic mass is 10.0. The lowest BCUT2D eigenvalue weighted by Crippen LogP contribution is -1.89. The first-order valence-electron chi connectivity index (χ1n) is 6.11. The van der Waals surface area contributed by atoms with Gasteiger partial charge < -0.3 is 5.73 Å². The molecule has 0 radical (unpaired) electrons. The molecular weight excluding hydrogens is 312 g/mol. The molecule has 0 bridgehead atoms. The standard InChI is InChI=1S/C15H10Cl2FN3/c16-11-5-4-8(7-12(11)17)13-14(20-21-15(13)19)9-2-1-3-10(18)6-9/h1-7H,(H3,19,20,21). The number of rotatable bonds is 2. The SMILES string of the molecule is Nc1n[nH]c(-c2cccc(F)c2)c1-c1ccc(Cl)c(Cl)c1. The molecule has 21 heavy (non-hydrogen) atoms. The highest BCUT2D eigenvalue weighted by Crippen LogP contribution is 2.37. The molecule has 1 aromatic heterocycles. The predicted molar refractivity (Wildman–Crippen MR) is 83.9 cm³/mol. The Labute approximate surface area is 130 Å². The average Bonchev–Trinajstić information content (AvgIpc) is 2.84. The topological polar surface area (TPSA) is 54.7 Å². The zero-order valence-corrected chi connectivity index (χ0v) is 12.2. The van der Waals surface area contributed by atoms with E-state index in [1.54, 1.807) is 30.3 Å². The second-order valence-corrected chi connectivity index (χ2v) is 5.31. The zero-order valence-electron chi connectivity index (χ0n) is 10.7. The van der Waals surface area contributed by atoms with Gasteiger partial charge in [0.15, 0.2) is 5.82 Å². The molecule has 0 aliphatic heterocycles. The van der Waals surface area contributed by atoms with E-state index in [2.05, 4.69) is 10.2 Å². The summed E-state index contributed by atoms with van der Waals surface area (Å²) in [7, 11) is 0. The van der Waals surface area contributed by atoms with Crippen LogP contribution in [-0.4, -0.2) is 10.2 Å². The summed E-state index contributed by atoms with van der Waals surface area (Å²) in [5.41, 5.74) is 8.63. The lowest BCUT2D eigenvalue weighted by Gasteiger charge is -2.06. The van der Waals surface area contributed by atoms with Gasteiger partial charge in [-0.2, -0.15) is 5.10 Å². The normalized spacial score (nSPS) is 10.8. The molecule has 2 aromatic carbocycles. The van der Waals surface area contributed by atoms with Crippen LogP contribution in [0.25, 0.3) is 22.4 Å². The van der Waals surface area contributed by atoms with Gasteiger partial charge in [-0.3, -0.25) is 5.10 Å². The smallest absolute Gasteiger partial charge is 0.153 e. The second kappa shape index (κ2) is 5.39. The van der Waals surface area contributed by atoms with Gasteiger partial charge in [-0.25, -0.2) is 4.39 Å². The summed E-state index contributed by atoms with van der Waals surface area (Å²) < 4.78 is 13.4. The van der Waals surface area contributed by atoms with E-state index >= 15 is 0 Å². The molecule has 0 atom stereocenters. The van der Waals surface area contributed by atoms with Crippen molar-refractivity contribution in [1.29, 1.82) is 0 Å². The first kappa shape index (κ1) is 13.9. The Bertz CT molecular complexity index is 814. The maximum atomic E-state index is 13.4. The number of nitrogen functional groups attached to an aromatic ring is 1. The van der Waals surface area contributed by atoms with Crippen molar-refractivity contribution in [2.24, 2.45) is 0 Å². The number of nitrogens with one attached hydrogen (secondary N) is 1. The van der Waals surface area contributed by atoms with Gasteiger partial charge in [-0.15, -0.1) is 0 Å². The number of hydrogen-bond donors (Lipinski definition) is 2. The maximum absolute atomic E-state index is 13.4. The third-order valence-electron chi connectivity index (χ3n) is 3.12. The molecule has 3 N–H and O–H groups in total. The fourth-order valence-electron chi connectivity index (χ4n) is 2.15. The van der Waals surface area contributed by atoms with Gasteiger partial charge in [0.25, 0.3) is 0 Å². The Morgan fingerprint density at radius 2 is 1.81 bits per heavy atom. The van der Waals surface area contributed by atoms with Crippen LogP contribution in [0.4, 0.5) is 10.2 Å². The van der Waals surface area contributed by atoms with Crippen LogP contribution < -0.4 is 5.73 Å². The predicted octanol–water partition coefficient (Wildman–Crippen LogP) is 4.77. The molecule has 6 heteroatoms. The largest absolute Gasteiger partial charge is 0.382 e. The Morgan fingerprint density at radius 1 is 1.00 bits per heavy atom. The molecule has 0 saturated carbocycles. The van der Waals surface area contributed by atoms with E-state index < -0.39 is 0 Å². The van der Waals surface area contributed by atoms with Crippen LogP contribution in [0.3, 0.4) is 0 Å². The molecule has 3 nitrogen and oxygen atoms in total. The Balaban J connectivity index is 2.19. The summed E-state index contributed by atoms with van der Waals surface area (Å²) in [5, 5.41) is 7.71. The Morgan fingerprint density at radius 3 is 2.52 bits per heavy atom. The van der Waals surface area contributed by atoms with Crippen LogP contribution in [0.1, 0.15) is 0 Å². The molecule has 0 fully saturated rings. The molecule has 0 aliphatic rings. The van der Waals surface area contributed by atoms with Gasteiger partial charge in [-0.1, -0.05) is 41.4 Å². The van der Waals surface area contributed by atoms with Crippen molar-refractivity contribution in [1.82, 2.24) is 10.2 Å². The van der Waals surface area contributed by atoms with Crippen LogP contribution in [0.5, 0.6) is 0 Å². The molecule has 3 rings (SSSR count). The van der Waals surface area contributed by atoms with Crippen molar-refractivity contribution in [3.8, 4) is 22.4 Å². The van der Waals surface area contributed by atoms with Crippen molar-refractivity contribution < 1.29 is 4.39 Å². The average molecular weight is 322 g/mol. The number of anilines is 1. The third kappa shape index (κ3) is 2.60. The minimum absolute atomic E-state index is 0.313. The molecule has 0 saturated heterocycles. The number of H-pyrrole nitrogens is 1. The summed E-state index contributed by atoms with van der Waals surface area (Å²) in [5.74, 6) is -0.0200. The third-order valence-corrected chi connectivity index (χ3v) is 3.85. The summed E-state index contributed by atoms with van der Waals surface area (Å²) in [6, 6.07) is 11.4. The van der Waals surface area contributed by atoms with Crippen LogP contribution in [0.2, 0.25) is 10.0 Å². The van der Waals surface area contributed by atoms with Gasteiger partial charge in [-0.05, 0) is 29.8 Å². The highest BCUT2D eigenvalue weighted by molar-refractivity contribution is 6.42. The van der Waals surface area contributed by atoms with Gasteiger partial charge in [0.1, 0.15) is 5.82 Å². The maximum Gasteiger partial charge on any atom is 0.153 e. The lowest BCUT2D eigenvalue weighted by molar-refractivity contribution is 0.628. The van der Waals surface area contributed by atoms with Crippen molar-refractivity contribution in [3.05, 3.63) is 58.3 Å². The highest BCUT2D eigenvalue weighted by atomic mass is 35.5. The zero-order chi connectivity index (χ0) is 15.0. The summed E-state index contributed by atoms with van der Waals surface area (Å²) >= 11 is 12.0. The van der Waals surface area contributed by atoms with E-state index in [1.807, 2.05) is 0 Å². The second-order valence-electron chi connectivity index (χ2n) is 4.50. The van der Waals surface area contributed by atoms with Crippen LogP contribution >= 0.6 is 23.2 Å². The molecule has 106 valence electrons.